The molecule has 0 saturated carbocycles. The summed E-state index contributed by atoms with van der Waals surface area (Å²) >= 11 is 3.47. The third-order valence-corrected chi connectivity index (χ3v) is 5.03. The molecule has 7 heteroatoms. The summed E-state index contributed by atoms with van der Waals surface area (Å²) in [7, 11) is 1.52. The van der Waals surface area contributed by atoms with Gasteiger partial charge in [-0.3, -0.25) is 4.79 Å². The van der Waals surface area contributed by atoms with Gasteiger partial charge in [0.1, 0.15) is 18.2 Å². The molecule has 0 spiro atoms. The van der Waals surface area contributed by atoms with E-state index in [4.69, 9.17) is 14.2 Å². The summed E-state index contributed by atoms with van der Waals surface area (Å²) in [5.74, 6) is 1.05. The SMILES string of the molecule is CCOc1ccc(NC(=O)/C=C/c2cc(Br)c(OCc3ccccc3F)c(OC)c2)cc1. The number of ether oxygens (including phenoxy) is 3. The van der Waals surface area contributed by atoms with Crippen LogP contribution in [0.3, 0.4) is 0 Å². The highest BCUT2D eigenvalue weighted by molar-refractivity contribution is 9.10. The summed E-state index contributed by atoms with van der Waals surface area (Å²) in [6.45, 7) is 2.55. The van der Waals surface area contributed by atoms with Gasteiger partial charge in [0.25, 0.3) is 0 Å². The number of carbonyl (C=O) groups excluding carboxylic acids is 1. The first-order valence-electron chi connectivity index (χ1n) is 9.95. The minimum Gasteiger partial charge on any atom is -0.494 e. The normalized spacial score (nSPS) is 10.8. The molecule has 0 aliphatic carbocycles. The lowest BCUT2D eigenvalue weighted by Gasteiger charge is -2.14. The van der Waals surface area contributed by atoms with E-state index in [0.29, 0.717) is 33.8 Å². The highest BCUT2D eigenvalue weighted by Gasteiger charge is 2.12. The summed E-state index contributed by atoms with van der Waals surface area (Å²) in [6, 6.07) is 17.1. The van der Waals surface area contributed by atoms with Crippen molar-refractivity contribution < 1.29 is 23.4 Å². The second-order valence-electron chi connectivity index (χ2n) is 6.69. The number of hydrogen-bond donors (Lipinski definition) is 1. The van der Waals surface area contributed by atoms with Crippen LogP contribution in [0.1, 0.15) is 18.1 Å². The molecule has 0 unspecified atom stereocenters. The van der Waals surface area contributed by atoms with Crippen LogP contribution in [-0.2, 0) is 11.4 Å². The Morgan fingerprint density at radius 3 is 2.53 bits per heavy atom. The Bertz CT molecular complexity index is 1100. The first kappa shape index (κ1) is 23.3. The maximum Gasteiger partial charge on any atom is 0.248 e. The van der Waals surface area contributed by atoms with Crippen molar-refractivity contribution in [2.24, 2.45) is 0 Å². The molecule has 3 rings (SSSR count). The predicted molar refractivity (Wildman–Crippen MR) is 127 cm³/mol. The molecule has 0 saturated heterocycles. The number of carbonyl (C=O) groups is 1. The Balaban J connectivity index is 1.67. The quantitative estimate of drug-likeness (QED) is 0.354. The smallest absolute Gasteiger partial charge is 0.248 e. The van der Waals surface area contributed by atoms with Gasteiger partial charge in [-0.15, -0.1) is 0 Å². The van der Waals surface area contributed by atoms with Crippen molar-refractivity contribution in [3.8, 4) is 17.2 Å². The monoisotopic (exact) mass is 499 g/mol. The van der Waals surface area contributed by atoms with E-state index < -0.39 is 0 Å². The maximum atomic E-state index is 13.8. The zero-order valence-corrected chi connectivity index (χ0v) is 19.3. The van der Waals surface area contributed by atoms with Crippen molar-refractivity contribution in [3.63, 3.8) is 0 Å². The lowest BCUT2D eigenvalue weighted by molar-refractivity contribution is -0.111. The molecule has 0 aromatic heterocycles. The van der Waals surface area contributed by atoms with E-state index in [9.17, 15) is 9.18 Å². The standard InChI is InChI=1S/C25H23BrFNO4/c1-3-31-20-11-9-19(10-12-20)28-24(29)13-8-17-14-21(26)25(23(15-17)30-2)32-16-18-6-4-5-7-22(18)27/h4-15H,3,16H2,1-2H3,(H,28,29)/b13-8+. The molecule has 5 nitrogen and oxygen atoms in total. The topological polar surface area (TPSA) is 56.8 Å². The fourth-order valence-corrected chi connectivity index (χ4v) is 3.47. The van der Waals surface area contributed by atoms with Crippen LogP contribution in [0.15, 0.2) is 71.2 Å². The van der Waals surface area contributed by atoms with Gasteiger partial charge in [-0.2, -0.15) is 0 Å². The van der Waals surface area contributed by atoms with Crippen LogP contribution in [0.2, 0.25) is 0 Å². The molecular formula is C25H23BrFNO4. The predicted octanol–water partition coefficient (Wildman–Crippen LogP) is 6.23. The Labute approximate surface area is 194 Å². The minimum absolute atomic E-state index is 0.0569. The number of benzene rings is 3. The fourth-order valence-electron chi connectivity index (χ4n) is 2.90. The van der Waals surface area contributed by atoms with E-state index in [1.54, 1.807) is 60.7 Å². The highest BCUT2D eigenvalue weighted by atomic mass is 79.9. The molecular weight excluding hydrogens is 477 g/mol. The summed E-state index contributed by atoms with van der Waals surface area (Å²) < 4.78 is 31.1. The number of rotatable bonds is 9. The van der Waals surface area contributed by atoms with Crippen LogP contribution in [0.4, 0.5) is 10.1 Å². The molecule has 0 atom stereocenters. The third kappa shape index (κ3) is 6.34. The van der Waals surface area contributed by atoms with Crippen molar-refractivity contribution in [1.29, 1.82) is 0 Å². The first-order valence-corrected chi connectivity index (χ1v) is 10.7. The van der Waals surface area contributed by atoms with Gasteiger partial charge in [-0.25, -0.2) is 4.39 Å². The van der Waals surface area contributed by atoms with Crippen LogP contribution in [0.5, 0.6) is 17.2 Å². The van der Waals surface area contributed by atoms with Crippen molar-refractivity contribution in [2.45, 2.75) is 13.5 Å². The average Bonchev–Trinajstić information content (AvgIpc) is 2.79. The van der Waals surface area contributed by atoms with Crippen LogP contribution in [-0.4, -0.2) is 19.6 Å². The summed E-state index contributed by atoms with van der Waals surface area (Å²) in [5.41, 5.74) is 1.84. The lowest BCUT2D eigenvalue weighted by atomic mass is 10.1. The molecule has 1 N–H and O–H groups in total. The van der Waals surface area contributed by atoms with Crippen LogP contribution >= 0.6 is 15.9 Å². The van der Waals surface area contributed by atoms with Gasteiger partial charge in [0.2, 0.25) is 5.91 Å². The Hall–Kier alpha value is -3.32. The minimum atomic E-state index is -0.333. The van der Waals surface area contributed by atoms with E-state index in [0.717, 1.165) is 11.3 Å². The molecule has 32 heavy (non-hydrogen) atoms. The number of nitrogens with one attached hydrogen (secondary N) is 1. The van der Waals surface area contributed by atoms with Crippen molar-refractivity contribution in [1.82, 2.24) is 0 Å². The zero-order valence-electron chi connectivity index (χ0n) is 17.7. The van der Waals surface area contributed by atoms with Gasteiger partial charge in [0, 0.05) is 17.3 Å². The van der Waals surface area contributed by atoms with Crippen LogP contribution < -0.4 is 19.5 Å². The largest absolute Gasteiger partial charge is 0.494 e. The van der Waals surface area contributed by atoms with Crippen molar-refractivity contribution in [2.75, 3.05) is 19.0 Å². The number of methoxy groups -OCH3 is 1. The molecule has 0 heterocycles. The molecule has 0 radical (unpaired) electrons. The average molecular weight is 500 g/mol. The molecule has 1 amide bonds. The lowest BCUT2D eigenvalue weighted by Crippen LogP contribution is -2.07. The molecule has 0 bridgehead atoms. The van der Waals surface area contributed by atoms with Crippen molar-refractivity contribution >= 4 is 33.6 Å². The van der Waals surface area contributed by atoms with Gasteiger partial charge in [-0.05, 0) is 77.0 Å². The van der Waals surface area contributed by atoms with E-state index in [1.165, 1.54) is 19.3 Å². The number of anilines is 1. The second kappa shape index (κ2) is 11.3. The number of hydrogen-bond acceptors (Lipinski definition) is 4. The number of halogens is 2. The van der Waals surface area contributed by atoms with E-state index >= 15 is 0 Å². The van der Waals surface area contributed by atoms with Crippen LogP contribution in [0, 0.1) is 5.82 Å². The number of amides is 1. The van der Waals surface area contributed by atoms with E-state index in [-0.39, 0.29) is 18.3 Å². The van der Waals surface area contributed by atoms with Gasteiger partial charge >= 0.3 is 0 Å². The van der Waals surface area contributed by atoms with Gasteiger partial charge in [0.05, 0.1) is 18.2 Å². The maximum absolute atomic E-state index is 13.8. The third-order valence-electron chi connectivity index (χ3n) is 4.44. The molecule has 3 aromatic rings. The Morgan fingerprint density at radius 1 is 1.09 bits per heavy atom. The summed E-state index contributed by atoms with van der Waals surface area (Å²) in [6.07, 6.45) is 3.09. The fraction of sp³-hybridized carbons (Fsp3) is 0.160. The summed E-state index contributed by atoms with van der Waals surface area (Å²) in [4.78, 5) is 12.3. The molecule has 0 fully saturated rings. The van der Waals surface area contributed by atoms with Crippen LogP contribution in [0.25, 0.3) is 6.08 Å². The van der Waals surface area contributed by atoms with Gasteiger partial charge in [-0.1, -0.05) is 18.2 Å². The van der Waals surface area contributed by atoms with E-state index in [2.05, 4.69) is 21.2 Å². The van der Waals surface area contributed by atoms with E-state index in [1.807, 2.05) is 6.92 Å². The summed E-state index contributed by atoms with van der Waals surface area (Å²) in [5, 5.41) is 2.80. The molecule has 166 valence electrons. The molecule has 0 aliphatic rings. The molecule has 3 aromatic carbocycles. The Kier molecular flexibility index (Phi) is 8.27. The van der Waals surface area contributed by atoms with Gasteiger partial charge < -0.3 is 19.5 Å². The Morgan fingerprint density at radius 2 is 1.84 bits per heavy atom. The highest BCUT2D eigenvalue weighted by Crippen LogP contribution is 2.37. The molecule has 0 aliphatic heterocycles. The second-order valence-corrected chi connectivity index (χ2v) is 7.55. The zero-order chi connectivity index (χ0) is 22.9. The first-order chi connectivity index (χ1) is 15.5. The van der Waals surface area contributed by atoms with Gasteiger partial charge in [0.15, 0.2) is 11.5 Å². The van der Waals surface area contributed by atoms with Crippen molar-refractivity contribution in [3.05, 3.63) is 88.2 Å².